The standard InChI is InChI=1S/C15H23NO2S.C8H17N.C7H9BO4S/c1-12(2)13-6-5-9-16(11-13)14-7-4-8-15(10-14)19(3,17)18;1-7(2)8-4-3-5-9-6-8;1-13(11,12)7-4-2-3-6(5-7)8(9)10/h4,7-8,10,12-13H,5-6,9,11H2,1-3H3;7-9H,3-6H2,1-2H3;2-5,9-10H,1H3/t13-;8-;/m00./s1. The summed E-state index contributed by atoms with van der Waals surface area (Å²) in [6.07, 6.45) is 7.61. The van der Waals surface area contributed by atoms with Crippen molar-refractivity contribution in [1.29, 1.82) is 0 Å². The summed E-state index contributed by atoms with van der Waals surface area (Å²) >= 11 is 0. The topological polar surface area (TPSA) is 124 Å². The summed E-state index contributed by atoms with van der Waals surface area (Å²) in [5.74, 6) is 3.20. The Bertz CT molecular complexity index is 1290. The van der Waals surface area contributed by atoms with Crippen LogP contribution < -0.4 is 15.7 Å². The Morgan fingerprint density at radius 2 is 1.39 bits per heavy atom. The molecule has 2 saturated heterocycles. The second-order valence-corrected chi connectivity index (χ2v) is 16.0. The first-order valence-corrected chi connectivity index (χ1v) is 18.3. The molecule has 41 heavy (non-hydrogen) atoms. The average Bonchev–Trinajstić information content (AvgIpc) is 2.93. The normalized spacial score (nSPS) is 19.6. The van der Waals surface area contributed by atoms with E-state index in [0.29, 0.717) is 16.7 Å². The number of hydrogen-bond acceptors (Lipinski definition) is 8. The van der Waals surface area contributed by atoms with Gasteiger partial charge in [-0.3, -0.25) is 0 Å². The van der Waals surface area contributed by atoms with Crippen molar-refractivity contribution < 1.29 is 26.9 Å². The molecule has 0 spiro atoms. The van der Waals surface area contributed by atoms with Crippen molar-refractivity contribution in [1.82, 2.24) is 5.32 Å². The number of benzene rings is 2. The second-order valence-electron chi connectivity index (χ2n) is 11.9. The lowest BCUT2D eigenvalue weighted by Crippen LogP contribution is -2.37. The summed E-state index contributed by atoms with van der Waals surface area (Å²) in [7, 11) is -8.04. The van der Waals surface area contributed by atoms with Crippen molar-refractivity contribution in [2.24, 2.45) is 23.7 Å². The Kier molecular flexibility index (Phi) is 13.8. The molecule has 2 heterocycles. The Labute approximate surface area is 248 Å². The number of anilines is 1. The van der Waals surface area contributed by atoms with Crippen LogP contribution in [-0.2, 0) is 19.7 Å². The van der Waals surface area contributed by atoms with Crippen LogP contribution >= 0.6 is 0 Å². The fourth-order valence-electron chi connectivity index (χ4n) is 5.05. The van der Waals surface area contributed by atoms with E-state index in [4.69, 9.17) is 10.0 Å². The molecule has 2 fully saturated rings. The summed E-state index contributed by atoms with van der Waals surface area (Å²) in [6, 6.07) is 12.9. The summed E-state index contributed by atoms with van der Waals surface area (Å²) in [5, 5.41) is 21.0. The Morgan fingerprint density at radius 1 is 0.829 bits per heavy atom. The molecule has 2 aliphatic heterocycles. The summed E-state index contributed by atoms with van der Waals surface area (Å²) < 4.78 is 45.3. The monoisotopic (exact) mass is 608 g/mol. The molecular weight excluding hydrogens is 559 g/mol. The molecule has 2 aliphatic rings. The first-order chi connectivity index (χ1) is 19.1. The van der Waals surface area contributed by atoms with Gasteiger partial charge in [-0.25, -0.2) is 16.8 Å². The van der Waals surface area contributed by atoms with Crippen LogP contribution in [0.5, 0.6) is 0 Å². The number of nitrogens with zero attached hydrogens (tertiary/aromatic N) is 1. The first-order valence-electron chi connectivity index (χ1n) is 14.5. The lowest BCUT2D eigenvalue weighted by atomic mass is 9.80. The predicted octanol–water partition coefficient (Wildman–Crippen LogP) is 3.37. The van der Waals surface area contributed by atoms with Gasteiger partial charge in [0.15, 0.2) is 19.7 Å². The summed E-state index contributed by atoms with van der Waals surface area (Å²) in [5.41, 5.74) is 1.20. The van der Waals surface area contributed by atoms with Gasteiger partial charge in [0.2, 0.25) is 0 Å². The minimum Gasteiger partial charge on any atom is -0.423 e. The molecule has 0 amide bonds. The second kappa shape index (κ2) is 16.1. The van der Waals surface area contributed by atoms with E-state index >= 15 is 0 Å². The largest absolute Gasteiger partial charge is 0.488 e. The minimum absolute atomic E-state index is 0.0816. The zero-order chi connectivity index (χ0) is 30.8. The van der Waals surface area contributed by atoms with Gasteiger partial charge in [-0.15, -0.1) is 0 Å². The molecule has 0 unspecified atom stereocenters. The molecular formula is C30H49BN2O6S2. The highest BCUT2D eigenvalue weighted by molar-refractivity contribution is 7.91. The Hall–Kier alpha value is -1.92. The van der Waals surface area contributed by atoms with E-state index in [-0.39, 0.29) is 10.4 Å². The van der Waals surface area contributed by atoms with Gasteiger partial charge in [0.05, 0.1) is 9.79 Å². The molecule has 0 radical (unpaired) electrons. The van der Waals surface area contributed by atoms with Gasteiger partial charge in [-0.05, 0) is 98.2 Å². The van der Waals surface area contributed by atoms with Gasteiger partial charge in [-0.2, -0.15) is 0 Å². The van der Waals surface area contributed by atoms with Crippen LogP contribution in [0.1, 0.15) is 53.4 Å². The van der Waals surface area contributed by atoms with Crippen LogP contribution in [0.25, 0.3) is 0 Å². The molecule has 4 rings (SSSR count). The van der Waals surface area contributed by atoms with Crippen molar-refractivity contribution in [2.45, 2.75) is 63.2 Å². The molecule has 2 atom stereocenters. The highest BCUT2D eigenvalue weighted by Gasteiger charge is 2.23. The van der Waals surface area contributed by atoms with Crippen LogP contribution in [0, 0.1) is 23.7 Å². The number of sulfone groups is 2. The molecule has 0 aromatic heterocycles. The van der Waals surface area contributed by atoms with Crippen LogP contribution in [0.15, 0.2) is 58.3 Å². The molecule has 2 aromatic carbocycles. The smallest absolute Gasteiger partial charge is 0.423 e. The third kappa shape index (κ3) is 12.1. The zero-order valence-corrected chi connectivity index (χ0v) is 27.1. The van der Waals surface area contributed by atoms with E-state index in [9.17, 15) is 16.8 Å². The lowest BCUT2D eigenvalue weighted by molar-refractivity contribution is 0.296. The number of hydrogen-bond donors (Lipinski definition) is 3. The summed E-state index contributed by atoms with van der Waals surface area (Å²) in [6.45, 7) is 13.7. The summed E-state index contributed by atoms with van der Waals surface area (Å²) in [4.78, 5) is 2.82. The van der Waals surface area contributed by atoms with E-state index in [1.54, 1.807) is 12.1 Å². The fraction of sp³-hybridized carbons (Fsp3) is 0.600. The highest BCUT2D eigenvalue weighted by Crippen LogP contribution is 2.28. The van der Waals surface area contributed by atoms with Crippen LogP contribution in [-0.4, -0.2) is 72.7 Å². The Morgan fingerprint density at radius 3 is 1.88 bits per heavy atom. The molecule has 11 heteroatoms. The van der Waals surface area contributed by atoms with Crippen LogP contribution in [0.2, 0.25) is 0 Å². The van der Waals surface area contributed by atoms with Crippen molar-refractivity contribution in [3.05, 3.63) is 48.5 Å². The molecule has 8 nitrogen and oxygen atoms in total. The van der Waals surface area contributed by atoms with E-state index < -0.39 is 26.8 Å². The van der Waals surface area contributed by atoms with E-state index in [2.05, 4.69) is 37.9 Å². The highest BCUT2D eigenvalue weighted by atomic mass is 32.2. The van der Waals surface area contributed by atoms with Crippen molar-refractivity contribution >= 4 is 37.9 Å². The number of rotatable bonds is 6. The van der Waals surface area contributed by atoms with Gasteiger partial charge in [0, 0.05) is 31.3 Å². The fourth-order valence-corrected chi connectivity index (χ4v) is 6.39. The van der Waals surface area contributed by atoms with Crippen LogP contribution in [0.4, 0.5) is 5.69 Å². The molecule has 3 N–H and O–H groups in total. The molecule has 230 valence electrons. The Balaban J connectivity index is 0.000000232. The van der Waals surface area contributed by atoms with E-state index in [1.807, 2.05) is 12.1 Å². The molecule has 2 aromatic rings. The van der Waals surface area contributed by atoms with Crippen molar-refractivity contribution in [3.63, 3.8) is 0 Å². The van der Waals surface area contributed by atoms with E-state index in [1.165, 1.54) is 69.3 Å². The average molecular weight is 609 g/mol. The predicted molar refractivity (Wildman–Crippen MR) is 169 cm³/mol. The SMILES string of the molecule is CC(C)[C@H]1CCCN(c2cccc(S(C)(=O)=O)c2)C1.CC(C)[C@H]1CCCNC1.CS(=O)(=O)c1cccc(B(O)O)c1. The van der Waals surface area contributed by atoms with Gasteiger partial charge in [0.25, 0.3) is 0 Å². The quantitative estimate of drug-likeness (QED) is 0.427. The molecule has 0 aliphatic carbocycles. The number of nitrogens with one attached hydrogen (secondary N) is 1. The van der Waals surface area contributed by atoms with Crippen LogP contribution in [0.3, 0.4) is 0 Å². The maximum Gasteiger partial charge on any atom is 0.488 e. The van der Waals surface area contributed by atoms with Gasteiger partial charge >= 0.3 is 7.12 Å². The third-order valence-electron chi connectivity index (χ3n) is 7.87. The van der Waals surface area contributed by atoms with Gasteiger partial charge in [-0.1, -0.05) is 45.9 Å². The van der Waals surface area contributed by atoms with Crippen molar-refractivity contribution in [2.75, 3.05) is 43.6 Å². The maximum atomic E-state index is 11.6. The first kappa shape index (κ1) is 35.3. The van der Waals surface area contributed by atoms with Crippen molar-refractivity contribution in [3.8, 4) is 0 Å². The van der Waals surface area contributed by atoms with E-state index in [0.717, 1.165) is 36.9 Å². The third-order valence-corrected chi connectivity index (χ3v) is 10.1. The molecule has 0 bridgehead atoms. The molecule has 0 saturated carbocycles. The van der Waals surface area contributed by atoms with Gasteiger partial charge < -0.3 is 20.3 Å². The van der Waals surface area contributed by atoms with Gasteiger partial charge in [0.1, 0.15) is 0 Å². The zero-order valence-electron chi connectivity index (χ0n) is 25.5. The minimum atomic E-state index is -3.28. The maximum absolute atomic E-state index is 11.6. The number of piperidine rings is 2. The lowest BCUT2D eigenvalue weighted by Gasteiger charge is -2.36.